The van der Waals surface area contributed by atoms with E-state index in [2.05, 4.69) is 62.8 Å². The van der Waals surface area contributed by atoms with Gasteiger partial charge in [-0.05, 0) is 59.7 Å². The average molecular weight is 518 g/mol. The largest absolute Gasteiger partial charge is 0.488 e. The van der Waals surface area contributed by atoms with Gasteiger partial charge in [0.05, 0.1) is 33.2 Å². The van der Waals surface area contributed by atoms with E-state index >= 15 is 0 Å². The third-order valence-corrected chi connectivity index (χ3v) is 8.91. The summed E-state index contributed by atoms with van der Waals surface area (Å²) < 4.78 is 20.8. The molecule has 6 rings (SSSR count). The molecular formula is C28H31N5O3S. The molecule has 0 bridgehead atoms. The van der Waals surface area contributed by atoms with Crippen molar-refractivity contribution in [2.45, 2.75) is 65.1 Å². The zero-order chi connectivity index (χ0) is 26.1. The topological polar surface area (TPSA) is 97.3 Å². The second kappa shape index (κ2) is 8.37. The van der Waals surface area contributed by atoms with E-state index in [1.165, 1.54) is 6.33 Å². The maximum atomic E-state index is 6.33. The summed E-state index contributed by atoms with van der Waals surface area (Å²) in [6, 6.07) is 12.3. The molecule has 0 aliphatic carbocycles. The number of aryl methyl sites for hydroxylation is 1. The van der Waals surface area contributed by atoms with Crippen LogP contribution in [0.25, 0.3) is 16.6 Å². The quantitative estimate of drug-likeness (QED) is 0.363. The summed E-state index contributed by atoms with van der Waals surface area (Å²) in [6.45, 7) is 12.8. The van der Waals surface area contributed by atoms with Gasteiger partial charge < -0.3 is 19.9 Å². The average Bonchev–Trinajstić information content (AvgIpc) is 3.53. The lowest BCUT2D eigenvalue weighted by atomic mass is 9.90. The highest BCUT2D eigenvalue weighted by Crippen LogP contribution is 2.49. The lowest BCUT2D eigenvalue weighted by Crippen LogP contribution is -2.41. The van der Waals surface area contributed by atoms with Crippen molar-refractivity contribution in [2.75, 3.05) is 12.3 Å². The SMILES string of the molecule is Cc1nn(C(C)C2=C(c3ccc(C4OC(C)(C)C(C)(C)O4)s3)c3ccccc3OC2)c2ncnc(N)c12. The van der Waals surface area contributed by atoms with Crippen molar-refractivity contribution in [2.24, 2.45) is 0 Å². The van der Waals surface area contributed by atoms with Crippen LogP contribution in [0.3, 0.4) is 0 Å². The van der Waals surface area contributed by atoms with Crippen LogP contribution < -0.4 is 10.5 Å². The highest BCUT2D eigenvalue weighted by Gasteiger charge is 2.50. The molecule has 2 N–H and O–H groups in total. The van der Waals surface area contributed by atoms with Crippen LogP contribution in [0.1, 0.15) is 68.0 Å². The Morgan fingerprint density at radius 1 is 1.05 bits per heavy atom. The summed E-state index contributed by atoms with van der Waals surface area (Å²) in [7, 11) is 0. The molecule has 1 unspecified atom stereocenters. The number of thiophene rings is 1. The van der Waals surface area contributed by atoms with Crippen LogP contribution in [0.5, 0.6) is 5.75 Å². The monoisotopic (exact) mass is 517 g/mol. The minimum atomic E-state index is -0.405. The molecule has 1 fully saturated rings. The predicted octanol–water partition coefficient (Wildman–Crippen LogP) is 5.84. The molecule has 3 aromatic heterocycles. The summed E-state index contributed by atoms with van der Waals surface area (Å²) in [4.78, 5) is 10.9. The van der Waals surface area contributed by atoms with Crippen molar-refractivity contribution in [3.8, 4) is 5.75 Å². The summed E-state index contributed by atoms with van der Waals surface area (Å²) in [5.41, 5.74) is 10.2. The van der Waals surface area contributed by atoms with Crippen molar-refractivity contribution in [3.05, 3.63) is 69.3 Å². The van der Waals surface area contributed by atoms with Gasteiger partial charge in [-0.1, -0.05) is 18.2 Å². The molecule has 2 aliphatic heterocycles. The van der Waals surface area contributed by atoms with E-state index in [0.717, 1.165) is 43.3 Å². The number of hydrogen-bond acceptors (Lipinski definition) is 8. The number of ether oxygens (including phenoxy) is 3. The number of nitrogens with zero attached hydrogens (tertiary/aromatic N) is 4. The van der Waals surface area contributed by atoms with E-state index < -0.39 is 17.5 Å². The number of nitrogens with two attached hydrogens (primary N) is 1. The molecule has 9 heteroatoms. The van der Waals surface area contributed by atoms with Gasteiger partial charge in [-0.15, -0.1) is 11.3 Å². The van der Waals surface area contributed by atoms with E-state index in [1.54, 1.807) is 11.3 Å². The zero-order valence-electron chi connectivity index (χ0n) is 21.9. The Labute approximate surface area is 220 Å². The highest BCUT2D eigenvalue weighted by atomic mass is 32.1. The second-order valence-corrected chi connectivity index (χ2v) is 11.8. The summed E-state index contributed by atoms with van der Waals surface area (Å²) in [5, 5.41) is 5.60. The van der Waals surface area contributed by atoms with Gasteiger partial charge in [0.2, 0.25) is 0 Å². The molecule has 192 valence electrons. The van der Waals surface area contributed by atoms with Crippen LogP contribution >= 0.6 is 11.3 Å². The van der Waals surface area contributed by atoms with Gasteiger partial charge >= 0.3 is 0 Å². The van der Waals surface area contributed by atoms with Gasteiger partial charge in [0.1, 0.15) is 24.5 Å². The van der Waals surface area contributed by atoms with Crippen molar-refractivity contribution < 1.29 is 14.2 Å². The molecule has 1 aromatic carbocycles. The lowest BCUT2D eigenvalue weighted by molar-refractivity contribution is -0.0871. The molecule has 8 nitrogen and oxygen atoms in total. The highest BCUT2D eigenvalue weighted by molar-refractivity contribution is 7.13. The van der Waals surface area contributed by atoms with E-state index in [0.29, 0.717) is 18.1 Å². The first-order valence-electron chi connectivity index (χ1n) is 12.4. The summed E-state index contributed by atoms with van der Waals surface area (Å²) >= 11 is 1.69. The maximum absolute atomic E-state index is 6.33. The minimum Gasteiger partial charge on any atom is -0.488 e. The first kappa shape index (κ1) is 24.1. The Morgan fingerprint density at radius 2 is 1.78 bits per heavy atom. The Morgan fingerprint density at radius 3 is 2.54 bits per heavy atom. The number of hydrogen-bond donors (Lipinski definition) is 1. The maximum Gasteiger partial charge on any atom is 0.194 e. The van der Waals surface area contributed by atoms with Crippen LogP contribution in [-0.4, -0.2) is 37.6 Å². The van der Waals surface area contributed by atoms with E-state index in [4.69, 9.17) is 25.0 Å². The zero-order valence-corrected chi connectivity index (χ0v) is 22.7. The molecular weight excluding hydrogens is 486 g/mol. The first-order valence-corrected chi connectivity index (χ1v) is 13.3. The van der Waals surface area contributed by atoms with Crippen LogP contribution in [0.2, 0.25) is 0 Å². The number of anilines is 1. The summed E-state index contributed by atoms with van der Waals surface area (Å²) in [5.74, 6) is 1.30. The van der Waals surface area contributed by atoms with Crippen molar-refractivity contribution in [3.63, 3.8) is 0 Å². The number of benzene rings is 1. The van der Waals surface area contributed by atoms with Crippen LogP contribution in [-0.2, 0) is 9.47 Å². The molecule has 0 amide bonds. The molecule has 1 saturated heterocycles. The molecule has 2 aliphatic rings. The smallest absolute Gasteiger partial charge is 0.194 e. The van der Waals surface area contributed by atoms with Gasteiger partial charge in [0.25, 0.3) is 0 Å². The van der Waals surface area contributed by atoms with Crippen molar-refractivity contribution in [1.29, 1.82) is 0 Å². The van der Waals surface area contributed by atoms with E-state index in [1.807, 2.05) is 29.8 Å². The molecule has 0 spiro atoms. The Kier molecular flexibility index (Phi) is 5.45. The van der Waals surface area contributed by atoms with Gasteiger partial charge in [-0.25, -0.2) is 14.6 Å². The first-order chi connectivity index (χ1) is 17.6. The lowest BCUT2D eigenvalue weighted by Gasteiger charge is -2.30. The van der Waals surface area contributed by atoms with Crippen LogP contribution in [0.15, 0.2) is 48.3 Å². The molecule has 0 saturated carbocycles. The van der Waals surface area contributed by atoms with Crippen molar-refractivity contribution in [1.82, 2.24) is 19.7 Å². The number of para-hydroxylation sites is 1. The normalized spacial score (nSPS) is 19.7. The standard InChI is InChI=1S/C28H31N5O3S/c1-15-22-24(29)30-14-31-25(22)33(32-15)16(2)18-13-34-19-10-8-7-9-17(19)23(18)20-11-12-21(37-20)26-35-27(3,4)28(5,6)36-26/h7-12,14,16,26H,13H2,1-6H3,(H2,29,30,31). The predicted molar refractivity (Wildman–Crippen MR) is 145 cm³/mol. The fourth-order valence-corrected chi connectivity index (χ4v) is 6.04. The molecule has 1 atom stereocenters. The van der Waals surface area contributed by atoms with Gasteiger partial charge in [-0.3, -0.25) is 0 Å². The van der Waals surface area contributed by atoms with E-state index in [9.17, 15) is 0 Å². The molecule has 0 radical (unpaired) electrons. The minimum absolute atomic E-state index is 0.128. The Balaban J connectivity index is 1.48. The fraction of sp³-hybridized carbons (Fsp3) is 0.393. The van der Waals surface area contributed by atoms with Crippen molar-refractivity contribution >= 4 is 33.8 Å². The van der Waals surface area contributed by atoms with E-state index in [-0.39, 0.29) is 6.04 Å². The third-order valence-electron chi connectivity index (χ3n) is 7.78. The third kappa shape index (κ3) is 3.75. The van der Waals surface area contributed by atoms with Crippen LogP contribution in [0, 0.1) is 6.92 Å². The van der Waals surface area contributed by atoms with Gasteiger partial charge in [-0.2, -0.15) is 5.10 Å². The second-order valence-electron chi connectivity index (χ2n) is 10.6. The molecule has 4 aromatic rings. The Hall–Kier alpha value is -3.27. The molecule has 5 heterocycles. The number of fused-ring (bicyclic) bond motifs is 2. The van der Waals surface area contributed by atoms with Gasteiger partial charge in [0.15, 0.2) is 11.9 Å². The van der Waals surface area contributed by atoms with Crippen LogP contribution in [0.4, 0.5) is 5.82 Å². The number of aromatic nitrogens is 4. The number of nitrogen functional groups attached to an aromatic ring is 1. The Bertz CT molecular complexity index is 1530. The van der Waals surface area contributed by atoms with Gasteiger partial charge in [0, 0.05) is 21.6 Å². The molecule has 37 heavy (non-hydrogen) atoms. The fourth-order valence-electron chi connectivity index (χ4n) is 4.98. The number of rotatable bonds is 4. The summed E-state index contributed by atoms with van der Waals surface area (Å²) in [6.07, 6.45) is 1.08.